The first kappa shape index (κ1) is 12.2. The summed E-state index contributed by atoms with van der Waals surface area (Å²) in [5.74, 6) is 0.510. The molecule has 19 heavy (non-hydrogen) atoms. The van der Waals surface area contributed by atoms with Crippen molar-refractivity contribution in [1.29, 1.82) is 0 Å². The van der Waals surface area contributed by atoms with Crippen LogP contribution in [0.25, 0.3) is 0 Å². The Morgan fingerprint density at radius 3 is 3.00 bits per heavy atom. The summed E-state index contributed by atoms with van der Waals surface area (Å²) in [7, 11) is 1.36. The number of carbonyl (C=O) groups excluding carboxylic acids is 1. The van der Waals surface area contributed by atoms with E-state index in [1.807, 2.05) is 25.1 Å². The van der Waals surface area contributed by atoms with Gasteiger partial charge >= 0.3 is 5.97 Å². The Bertz CT molecular complexity index is 610. The largest absolute Gasteiger partial charge is 0.483 e. The van der Waals surface area contributed by atoms with Crippen molar-refractivity contribution in [3.05, 3.63) is 45.4 Å². The summed E-state index contributed by atoms with van der Waals surface area (Å²) in [5, 5.41) is 0.828. The number of ether oxygens (including phenoxy) is 2. The molecule has 1 atom stereocenters. The van der Waals surface area contributed by atoms with Crippen LogP contribution in [-0.4, -0.2) is 18.1 Å². The second-order valence-corrected chi connectivity index (χ2v) is 5.60. The molecule has 1 aliphatic rings. The lowest BCUT2D eigenvalue weighted by Gasteiger charge is -2.06. The zero-order valence-corrected chi connectivity index (χ0v) is 11.5. The molecular weight excluding hydrogens is 262 g/mol. The maximum Gasteiger partial charge on any atom is 0.357 e. The standard InChI is InChI=1S/C14H13NO3S/c1-8-12(14(16)17-2)15-13(19-8)11-7-9-5-3-4-6-10(9)18-11/h3-6,11H,7H2,1-2H3. The van der Waals surface area contributed by atoms with Gasteiger partial charge in [-0.05, 0) is 18.6 Å². The van der Waals surface area contributed by atoms with Crippen LogP contribution in [0.5, 0.6) is 5.75 Å². The fourth-order valence-corrected chi connectivity index (χ4v) is 3.10. The van der Waals surface area contributed by atoms with Gasteiger partial charge in [-0.25, -0.2) is 9.78 Å². The van der Waals surface area contributed by atoms with E-state index in [0.29, 0.717) is 5.69 Å². The third-order valence-corrected chi connectivity index (χ3v) is 4.18. The molecule has 0 amide bonds. The highest BCUT2D eigenvalue weighted by Crippen LogP contribution is 2.38. The molecule has 0 spiro atoms. The molecule has 0 saturated heterocycles. The third kappa shape index (κ3) is 2.10. The number of carbonyl (C=O) groups is 1. The Balaban J connectivity index is 1.88. The van der Waals surface area contributed by atoms with Crippen LogP contribution in [0.4, 0.5) is 0 Å². The number of rotatable bonds is 2. The Kier molecular flexibility index (Phi) is 2.98. The predicted molar refractivity (Wildman–Crippen MR) is 71.7 cm³/mol. The molecule has 3 rings (SSSR count). The Hall–Kier alpha value is -1.88. The van der Waals surface area contributed by atoms with E-state index < -0.39 is 5.97 Å². The van der Waals surface area contributed by atoms with Gasteiger partial charge in [-0.1, -0.05) is 18.2 Å². The van der Waals surface area contributed by atoms with E-state index in [4.69, 9.17) is 9.47 Å². The SMILES string of the molecule is COC(=O)c1nc(C2Cc3ccccc3O2)sc1C. The lowest BCUT2D eigenvalue weighted by atomic mass is 10.1. The molecule has 0 radical (unpaired) electrons. The summed E-state index contributed by atoms with van der Waals surface area (Å²) in [5.41, 5.74) is 1.57. The van der Waals surface area contributed by atoms with Crippen molar-refractivity contribution in [3.8, 4) is 5.75 Å². The highest BCUT2D eigenvalue weighted by atomic mass is 32.1. The molecule has 1 unspecified atom stereocenters. The van der Waals surface area contributed by atoms with Gasteiger partial charge in [0.2, 0.25) is 0 Å². The minimum absolute atomic E-state index is 0.0977. The molecule has 1 aromatic carbocycles. The van der Waals surface area contributed by atoms with Gasteiger partial charge in [-0.2, -0.15) is 0 Å². The van der Waals surface area contributed by atoms with Crippen LogP contribution in [0.3, 0.4) is 0 Å². The molecule has 0 bridgehead atoms. The molecule has 1 aromatic heterocycles. The second kappa shape index (κ2) is 4.66. The first-order valence-corrected chi connectivity index (χ1v) is 6.81. The number of aryl methyl sites for hydroxylation is 1. The van der Waals surface area contributed by atoms with Gasteiger partial charge in [0.25, 0.3) is 0 Å². The van der Waals surface area contributed by atoms with Crippen LogP contribution < -0.4 is 4.74 Å². The average molecular weight is 275 g/mol. The topological polar surface area (TPSA) is 48.4 Å². The highest BCUT2D eigenvalue weighted by molar-refractivity contribution is 7.11. The van der Waals surface area contributed by atoms with Crippen LogP contribution >= 0.6 is 11.3 Å². The summed E-state index contributed by atoms with van der Waals surface area (Å²) < 4.78 is 10.6. The molecule has 4 nitrogen and oxygen atoms in total. The van der Waals surface area contributed by atoms with Gasteiger partial charge in [0.05, 0.1) is 7.11 Å². The molecule has 2 heterocycles. The number of thiazole rings is 1. The number of benzene rings is 1. The van der Waals surface area contributed by atoms with Gasteiger partial charge in [0.15, 0.2) is 11.8 Å². The van der Waals surface area contributed by atoms with E-state index in [-0.39, 0.29) is 6.10 Å². The number of methoxy groups -OCH3 is 1. The fourth-order valence-electron chi connectivity index (χ4n) is 2.16. The fraction of sp³-hybridized carbons (Fsp3) is 0.286. The number of hydrogen-bond acceptors (Lipinski definition) is 5. The molecule has 0 saturated carbocycles. The lowest BCUT2D eigenvalue weighted by Crippen LogP contribution is -2.06. The van der Waals surface area contributed by atoms with E-state index in [0.717, 1.165) is 22.1 Å². The van der Waals surface area contributed by atoms with Crippen molar-refractivity contribution >= 4 is 17.3 Å². The first-order valence-electron chi connectivity index (χ1n) is 5.99. The molecule has 98 valence electrons. The van der Waals surface area contributed by atoms with Gasteiger partial charge < -0.3 is 9.47 Å². The number of hydrogen-bond donors (Lipinski definition) is 0. The zero-order valence-electron chi connectivity index (χ0n) is 10.7. The summed E-state index contributed by atoms with van der Waals surface area (Å²) >= 11 is 1.49. The Morgan fingerprint density at radius 1 is 1.47 bits per heavy atom. The zero-order chi connectivity index (χ0) is 13.4. The normalized spacial score (nSPS) is 16.8. The highest BCUT2D eigenvalue weighted by Gasteiger charge is 2.28. The van der Waals surface area contributed by atoms with E-state index >= 15 is 0 Å². The third-order valence-electron chi connectivity index (χ3n) is 3.11. The van der Waals surface area contributed by atoms with Crippen molar-refractivity contribution in [2.75, 3.05) is 7.11 Å². The van der Waals surface area contributed by atoms with Gasteiger partial charge in [0.1, 0.15) is 10.8 Å². The second-order valence-electron chi connectivity index (χ2n) is 4.37. The van der Waals surface area contributed by atoms with E-state index in [1.54, 1.807) is 0 Å². The maximum atomic E-state index is 11.6. The smallest absolute Gasteiger partial charge is 0.357 e. The summed E-state index contributed by atoms with van der Waals surface area (Å²) in [4.78, 5) is 16.8. The lowest BCUT2D eigenvalue weighted by molar-refractivity contribution is 0.0593. The van der Waals surface area contributed by atoms with Crippen molar-refractivity contribution in [2.24, 2.45) is 0 Å². The average Bonchev–Trinajstić information content (AvgIpc) is 3.00. The first-order chi connectivity index (χ1) is 9.19. The van der Waals surface area contributed by atoms with Crippen LogP contribution in [0, 0.1) is 6.92 Å². The van der Waals surface area contributed by atoms with Crippen LogP contribution in [-0.2, 0) is 11.2 Å². The van der Waals surface area contributed by atoms with Crippen LogP contribution in [0.15, 0.2) is 24.3 Å². The number of esters is 1. The van der Waals surface area contributed by atoms with Crippen molar-refractivity contribution < 1.29 is 14.3 Å². The molecule has 5 heteroatoms. The minimum atomic E-state index is -0.393. The minimum Gasteiger partial charge on any atom is -0.483 e. The molecule has 2 aromatic rings. The van der Waals surface area contributed by atoms with E-state index in [2.05, 4.69) is 11.1 Å². The van der Waals surface area contributed by atoms with Gasteiger partial charge in [-0.3, -0.25) is 0 Å². The monoisotopic (exact) mass is 275 g/mol. The number of fused-ring (bicyclic) bond motifs is 1. The number of nitrogens with zero attached hydrogens (tertiary/aromatic N) is 1. The molecular formula is C14H13NO3S. The van der Waals surface area contributed by atoms with Gasteiger partial charge in [0, 0.05) is 11.3 Å². The Morgan fingerprint density at radius 2 is 2.26 bits per heavy atom. The molecule has 0 N–H and O–H groups in total. The van der Waals surface area contributed by atoms with Crippen molar-refractivity contribution in [3.63, 3.8) is 0 Å². The number of para-hydroxylation sites is 1. The molecule has 1 aliphatic heterocycles. The quantitative estimate of drug-likeness (QED) is 0.791. The van der Waals surface area contributed by atoms with Crippen LogP contribution in [0.1, 0.15) is 32.0 Å². The molecule has 0 fully saturated rings. The maximum absolute atomic E-state index is 11.6. The summed E-state index contributed by atoms with van der Waals surface area (Å²) in [6.45, 7) is 1.87. The van der Waals surface area contributed by atoms with E-state index in [1.165, 1.54) is 24.0 Å². The summed E-state index contributed by atoms with van der Waals surface area (Å²) in [6, 6.07) is 7.96. The van der Waals surface area contributed by atoms with Gasteiger partial charge in [-0.15, -0.1) is 11.3 Å². The van der Waals surface area contributed by atoms with Crippen molar-refractivity contribution in [2.45, 2.75) is 19.4 Å². The summed E-state index contributed by atoms with van der Waals surface area (Å²) in [6.07, 6.45) is 0.698. The number of aromatic nitrogens is 1. The van der Waals surface area contributed by atoms with Crippen LogP contribution in [0.2, 0.25) is 0 Å². The van der Waals surface area contributed by atoms with E-state index in [9.17, 15) is 4.79 Å². The van der Waals surface area contributed by atoms with Crippen molar-refractivity contribution in [1.82, 2.24) is 4.98 Å². The Labute approximate surface area is 115 Å². The molecule has 0 aliphatic carbocycles. The predicted octanol–water partition coefficient (Wildman–Crippen LogP) is 2.91.